The summed E-state index contributed by atoms with van der Waals surface area (Å²) in [5, 5.41) is 4.24. The highest BCUT2D eigenvalue weighted by Crippen LogP contribution is 2.10. The smallest absolute Gasteiger partial charge is 0.308 e. The van der Waals surface area contributed by atoms with Crippen LogP contribution in [0, 0.1) is 12.7 Å². The number of hydrogen-bond acceptors (Lipinski definition) is 5. The number of aromatic nitrogens is 1. The number of thiazole rings is 1. The number of ether oxygens (including phenoxy) is 1. The molecular weight excluding hydrogens is 335 g/mol. The van der Waals surface area contributed by atoms with Crippen molar-refractivity contribution in [2.24, 2.45) is 0 Å². The minimum atomic E-state index is -0.997. The van der Waals surface area contributed by atoms with Crippen LogP contribution in [-0.2, 0) is 20.9 Å². The first kappa shape index (κ1) is 17.9. The number of hydrogen-bond donors (Lipinski definition) is 1. The van der Waals surface area contributed by atoms with Crippen LogP contribution in [0.25, 0.3) is 0 Å². The lowest BCUT2D eigenvalue weighted by Gasteiger charge is -2.13. The largest absolute Gasteiger partial charge is 0.452 e. The Morgan fingerprint density at radius 1 is 1.33 bits per heavy atom. The highest BCUT2D eigenvalue weighted by molar-refractivity contribution is 7.07. The standard InChI is InChI=1S/C16H17FN2O4S/c1-10-9-24-16(22)19(10)8-7-14(20)23-11(2)15(21)18-13-5-3-12(17)4-6-13/h3-6,9,11H,7-8H2,1-2H3,(H,18,21). The van der Waals surface area contributed by atoms with Crippen molar-refractivity contribution in [1.82, 2.24) is 4.57 Å². The van der Waals surface area contributed by atoms with Crippen LogP contribution in [0.1, 0.15) is 19.0 Å². The third kappa shape index (κ3) is 4.76. The van der Waals surface area contributed by atoms with Crippen molar-refractivity contribution >= 4 is 28.9 Å². The van der Waals surface area contributed by atoms with Crippen LogP contribution in [0.15, 0.2) is 34.4 Å². The third-order valence-corrected chi connectivity index (χ3v) is 4.19. The summed E-state index contributed by atoms with van der Waals surface area (Å²) < 4.78 is 19.3. The van der Waals surface area contributed by atoms with Crippen molar-refractivity contribution < 1.29 is 18.7 Å². The summed E-state index contributed by atoms with van der Waals surface area (Å²) in [7, 11) is 0. The summed E-state index contributed by atoms with van der Waals surface area (Å²) in [6.45, 7) is 3.43. The number of benzene rings is 1. The van der Waals surface area contributed by atoms with Gasteiger partial charge in [0.15, 0.2) is 6.10 Å². The zero-order chi connectivity index (χ0) is 17.7. The Balaban J connectivity index is 1.83. The summed E-state index contributed by atoms with van der Waals surface area (Å²) in [4.78, 5) is 35.2. The molecule has 0 aliphatic rings. The molecule has 1 heterocycles. The van der Waals surface area contributed by atoms with Gasteiger partial charge in [0.2, 0.25) is 0 Å². The fourth-order valence-electron chi connectivity index (χ4n) is 1.96. The lowest BCUT2D eigenvalue weighted by molar-refractivity contribution is -0.153. The van der Waals surface area contributed by atoms with Crippen LogP contribution in [0.2, 0.25) is 0 Å². The van der Waals surface area contributed by atoms with Gasteiger partial charge in [0, 0.05) is 23.3 Å². The summed E-state index contributed by atoms with van der Waals surface area (Å²) in [5.41, 5.74) is 1.18. The van der Waals surface area contributed by atoms with Gasteiger partial charge in [-0.05, 0) is 38.1 Å². The number of anilines is 1. The topological polar surface area (TPSA) is 77.4 Å². The molecule has 1 unspecified atom stereocenters. The molecule has 1 N–H and O–H groups in total. The van der Waals surface area contributed by atoms with E-state index in [9.17, 15) is 18.8 Å². The molecule has 2 aromatic rings. The van der Waals surface area contributed by atoms with E-state index < -0.39 is 23.8 Å². The second-order valence-corrected chi connectivity index (χ2v) is 5.99. The second-order valence-electron chi connectivity index (χ2n) is 5.17. The molecule has 0 saturated carbocycles. The summed E-state index contributed by atoms with van der Waals surface area (Å²) in [6.07, 6.45) is -1.01. The summed E-state index contributed by atoms with van der Waals surface area (Å²) in [6, 6.07) is 5.25. The highest BCUT2D eigenvalue weighted by Gasteiger charge is 2.18. The van der Waals surface area contributed by atoms with E-state index in [2.05, 4.69) is 5.32 Å². The average Bonchev–Trinajstić information content (AvgIpc) is 2.86. The SMILES string of the molecule is Cc1csc(=O)n1CCC(=O)OC(C)C(=O)Nc1ccc(F)cc1. The maximum absolute atomic E-state index is 12.8. The number of nitrogens with one attached hydrogen (secondary N) is 1. The van der Waals surface area contributed by atoms with Crippen molar-refractivity contribution in [3.05, 3.63) is 50.8 Å². The molecule has 0 aliphatic carbocycles. The number of aryl methyl sites for hydroxylation is 1. The van der Waals surface area contributed by atoms with Crippen molar-refractivity contribution in [1.29, 1.82) is 0 Å². The number of carbonyl (C=O) groups excluding carboxylic acids is 2. The predicted molar refractivity (Wildman–Crippen MR) is 88.5 cm³/mol. The summed E-state index contributed by atoms with van der Waals surface area (Å²) >= 11 is 1.07. The van der Waals surface area contributed by atoms with Crippen LogP contribution >= 0.6 is 11.3 Å². The van der Waals surface area contributed by atoms with E-state index in [0.717, 1.165) is 17.0 Å². The van der Waals surface area contributed by atoms with E-state index in [1.165, 1.54) is 35.8 Å². The van der Waals surface area contributed by atoms with Gasteiger partial charge in [-0.3, -0.25) is 14.4 Å². The average molecular weight is 352 g/mol. The molecule has 1 amide bonds. The Bertz CT molecular complexity index is 782. The molecule has 0 radical (unpaired) electrons. The molecular formula is C16H17FN2O4S. The maximum atomic E-state index is 12.8. The first-order valence-corrected chi connectivity index (χ1v) is 8.15. The van der Waals surface area contributed by atoms with Gasteiger partial charge in [-0.2, -0.15) is 0 Å². The number of halogens is 1. The van der Waals surface area contributed by atoms with Crippen LogP contribution < -0.4 is 10.2 Å². The minimum Gasteiger partial charge on any atom is -0.452 e. The lowest BCUT2D eigenvalue weighted by Crippen LogP contribution is -2.30. The number of rotatable bonds is 6. The molecule has 1 atom stereocenters. The zero-order valence-corrected chi connectivity index (χ0v) is 14.1. The van der Waals surface area contributed by atoms with Gasteiger partial charge in [-0.1, -0.05) is 11.3 Å². The second kappa shape index (κ2) is 7.87. The number of nitrogens with zero attached hydrogens (tertiary/aromatic N) is 1. The van der Waals surface area contributed by atoms with E-state index in [-0.39, 0.29) is 17.8 Å². The Kier molecular flexibility index (Phi) is 5.86. The van der Waals surface area contributed by atoms with Crippen LogP contribution in [0.4, 0.5) is 10.1 Å². The monoisotopic (exact) mass is 352 g/mol. The molecule has 1 aromatic carbocycles. The molecule has 24 heavy (non-hydrogen) atoms. The highest BCUT2D eigenvalue weighted by atomic mass is 32.1. The van der Waals surface area contributed by atoms with Crippen molar-refractivity contribution in [3.8, 4) is 0 Å². The Morgan fingerprint density at radius 3 is 2.58 bits per heavy atom. The Morgan fingerprint density at radius 2 is 2.00 bits per heavy atom. The number of carbonyl (C=O) groups is 2. The molecule has 128 valence electrons. The fraction of sp³-hybridized carbons (Fsp3) is 0.312. The summed E-state index contributed by atoms with van der Waals surface area (Å²) in [5.74, 6) is -1.50. The molecule has 0 fully saturated rings. The first-order chi connectivity index (χ1) is 11.4. The maximum Gasteiger partial charge on any atom is 0.308 e. The quantitative estimate of drug-likeness (QED) is 0.810. The molecule has 2 rings (SSSR count). The van der Waals surface area contributed by atoms with Gasteiger partial charge in [0.25, 0.3) is 5.91 Å². The normalized spacial score (nSPS) is 11.8. The van der Waals surface area contributed by atoms with Gasteiger partial charge in [0.05, 0.1) is 6.42 Å². The van der Waals surface area contributed by atoms with Gasteiger partial charge < -0.3 is 14.6 Å². The van der Waals surface area contributed by atoms with Gasteiger partial charge >= 0.3 is 10.8 Å². The van der Waals surface area contributed by atoms with Crippen molar-refractivity contribution in [2.45, 2.75) is 32.9 Å². The van der Waals surface area contributed by atoms with Gasteiger partial charge in [-0.15, -0.1) is 0 Å². The van der Waals surface area contributed by atoms with Crippen molar-refractivity contribution in [2.75, 3.05) is 5.32 Å². The fourth-order valence-corrected chi connectivity index (χ4v) is 2.73. The predicted octanol–water partition coefficient (Wildman–Crippen LogP) is 2.32. The number of esters is 1. The molecule has 6 nitrogen and oxygen atoms in total. The first-order valence-electron chi connectivity index (χ1n) is 7.27. The molecule has 0 saturated heterocycles. The molecule has 0 aliphatic heterocycles. The molecule has 8 heteroatoms. The zero-order valence-electron chi connectivity index (χ0n) is 13.2. The Labute approximate surface area is 141 Å². The molecule has 0 spiro atoms. The van der Waals surface area contributed by atoms with Crippen LogP contribution in [-0.4, -0.2) is 22.5 Å². The van der Waals surface area contributed by atoms with E-state index in [0.29, 0.717) is 5.69 Å². The Hall–Kier alpha value is -2.48. The molecule has 1 aromatic heterocycles. The van der Waals surface area contributed by atoms with Gasteiger partial charge in [0.1, 0.15) is 5.82 Å². The number of amides is 1. The van der Waals surface area contributed by atoms with Crippen molar-refractivity contribution in [3.63, 3.8) is 0 Å². The van der Waals surface area contributed by atoms with E-state index >= 15 is 0 Å². The minimum absolute atomic E-state index is 0.00829. The van der Waals surface area contributed by atoms with E-state index in [4.69, 9.17) is 4.74 Å². The van der Waals surface area contributed by atoms with Crippen LogP contribution in [0.3, 0.4) is 0 Å². The van der Waals surface area contributed by atoms with E-state index in [1.807, 2.05) is 0 Å². The van der Waals surface area contributed by atoms with Gasteiger partial charge in [-0.25, -0.2) is 4.39 Å². The molecule has 0 bridgehead atoms. The third-order valence-electron chi connectivity index (χ3n) is 3.31. The van der Waals surface area contributed by atoms with Crippen LogP contribution in [0.5, 0.6) is 0 Å². The van der Waals surface area contributed by atoms with E-state index in [1.54, 1.807) is 12.3 Å². The lowest BCUT2D eigenvalue weighted by atomic mass is 10.3.